The van der Waals surface area contributed by atoms with Gasteiger partial charge in [0, 0.05) is 5.57 Å². The fourth-order valence-electron chi connectivity index (χ4n) is 0.802. The minimum Gasteiger partial charge on any atom is -0.298 e. The first-order valence-corrected chi connectivity index (χ1v) is 7.72. The van der Waals surface area contributed by atoms with Crippen LogP contribution < -0.4 is 0 Å². The molecule has 0 aliphatic rings. The Bertz CT molecular complexity index is 268. The van der Waals surface area contributed by atoms with E-state index in [-0.39, 0.29) is 0 Å². The average Bonchev–Trinajstić information content (AvgIpc) is 2.55. The molecule has 21 heavy (non-hydrogen) atoms. The highest BCUT2D eigenvalue weighted by molar-refractivity contribution is 5.75. The van der Waals surface area contributed by atoms with Crippen LogP contribution in [0.4, 0.5) is 0 Å². The molecule has 0 unspecified atom stereocenters. The lowest BCUT2D eigenvalue weighted by Crippen LogP contribution is -1.68. The lowest BCUT2D eigenvalue weighted by atomic mass is 10.2. The number of unbranched alkanes of at least 4 members (excludes halogenated alkanes) is 3. The molecule has 0 aliphatic heterocycles. The number of rotatable bonds is 7. The van der Waals surface area contributed by atoms with E-state index in [0.717, 1.165) is 5.57 Å². The number of carbonyl (C=O) groups excluding carboxylic acids is 1. The molecule has 0 bridgehead atoms. The lowest BCUT2D eigenvalue weighted by molar-refractivity contribution is -0.104. The molecule has 0 rings (SSSR count). The molecule has 0 heterocycles. The van der Waals surface area contributed by atoms with Gasteiger partial charge in [0.1, 0.15) is 6.29 Å². The summed E-state index contributed by atoms with van der Waals surface area (Å²) in [6.07, 6.45) is 13.1. The number of hydrogen-bond donors (Lipinski definition) is 0. The van der Waals surface area contributed by atoms with E-state index in [4.69, 9.17) is 0 Å². The highest BCUT2D eigenvalue weighted by atomic mass is 16.1. The van der Waals surface area contributed by atoms with Gasteiger partial charge in [-0.2, -0.15) is 0 Å². The van der Waals surface area contributed by atoms with E-state index in [1.165, 1.54) is 31.8 Å². The standard InChI is InChI=1S/C7H10.C6H14.C5H6O.C2H6/c1-4-6-7(3)5-2;1-3-5-6-4-2;1-3-5(2)4-6;1-2/h4-6H,1-2H2,3H3;3-6H2,1-2H3;3-4H,1-2H2;1-2H3/b7-6-;;;. The SMILES string of the molecule is C=C/C=C(/C)C=C.C=CC(=C)C=O.CC.CCCCCC. The summed E-state index contributed by atoms with van der Waals surface area (Å²) in [5.41, 5.74) is 1.57. The van der Waals surface area contributed by atoms with Crippen LogP contribution in [0.2, 0.25) is 0 Å². The van der Waals surface area contributed by atoms with Gasteiger partial charge >= 0.3 is 0 Å². The molecule has 0 saturated heterocycles. The summed E-state index contributed by atoms with van der Waals surface area (Å²) in [5, 5.41) is 0. The van der Waals surface area contributed by atoms with Crippen LogP contribution in [0.3, 0.4) is 0 Å². The van der Waals surface area contributed by atoms with Gasteiger partial charge in [0.15, 0.2) is 0 Å². The van der Waals surface area contributed by atoms with Crippen molar-refractivity contribution in [3.05, 3.63) is 61.8 Å². The Hall–Kier alpha value is -1.63. The molecule has 0 aromatic heterocycles. The van der Waals surface area contributed by atoms with Crippen molar-refractivity contribution in [3.8, 4) is 0 Å². The van der Waals surface area contributed by atoms with E-state index in [9.17, 15) is 4.79 Å². The second-order valence-corrected chi connectivity index (χ2v) is 3.95. The Morgan fingerprint density at radius 3 is 1.48 bits per heavy atom. The second-order valence-electron chi connectivity index (χ2n) is 3.95. The van der Waals surface area contributed by atoms with Crippen LogP contribution in [0, 0.1) is 0 Å². The third kappa shape index (κ3) is 45.8. The van der Waals surface area contributed by atoms with Gasteiger partial charge < -0.3 is 0 Å². The zero-order valence-electron chi connectivity index (χ0n) is 15.0. The molecule has 0 radical (unpaired) electrons. The third-order valence-electron chi connectivity index (χ3n) is 2.07. The maximum atomic E-state index is 9.57. The van der Waals surface area contributed by atoms with Crippen molar-refractivity contribution >= 4 is 6.29 Å². The van der Waals surface area contributed by atoms with Crippen molar-refractivity contribution in [1.82, 2.24) is 0 Å². The van der Waals surface area contributed by atoms with Crippen LogP contribution >= 0.6 is 0 Å². The first-order chi connectivity index (χ1) is 10.0. The fourth-order valence-corrected chi connectivity index (χ4v) is 0.802. The molecule has 0 fully saturated rings. The monoisotopic (exact) mass is 292 g/mol. The molecule has 0 aromatic rings. The normalized spacial score (nSPS) is 8.33. The topological polar surface area (TPSA) is 17.1 Å². The molecule has 0 spiro atoms. The molecule has 122 valence electrons. The van der Waals surface area contributed by atoms with Crippen LogP contribution in [0.1, 0.15) is 60.3 Å². The van der Waals surface area contributed by atoms with Gasteiger partial charge in [-0.3, -0.25) is 4.79 Å². The van der Waals surface area contributed by atoms with Crippen LogP contribution in [-0.4, -0.2) is 6.29 Å². The number of hydrogen-bond acceptors (Lipinski definition) is 1. The third-order valence-corrected chi connectivity index (χ3v) is 2.07. The molecule has 0 saturated carbocycles. The maximum Gasteiger partial charge on any atom is 0.149 e. The summed E-state index contributed by atoms with van der Waals surface area (Å²) in [6, 6.07) is 0. The van der Waals surface area contributed by atoms with E-state index in [2.05, 4.69) is 40.2 Å². The Labute approximate surface area is 133 Å². The van der Waals surface area contributed by atoms with Gasteiger partial charge in [-0.1, -0.05) is 110 Å². The predicted octanol–water partition coefficient (Wildman–Crippen LogP) is 6.85. The summed E-state index contributed by atoms with van der Waals surface area (Å²) in [7, 11) is 0. The summed E-state index contributed by atoms with van der Waals surface area (Å²) < 4.78 is 0. The summed E-state index contributed by atoms with van der Waals surface area (Å²) in [4.78, 5) is 9.57. The smallest absolute Gasteiger partial charge is 0.149 e. The van der Waals surface area contributed by atoms with Crippen LogP contribution in [-0.2, 0) is 4.79 Å². The van der Waals surface area contributed by atoms with Gasteiger partial charge in [-0.05, 0) is 6.92 Å². The number of carbonyl (C=O) groups is 1. The number of allylic oxidation sites excluding steroid dienone is 6. The molecule has 1 nitrogen and oxygen atoms in total. The molecule has 0 atom stereocenters. The van der Waals surface area contributed by atoms with E-state index in [0.29, 0.717) is 11.9 Å². The van der Waals surface area contributed by atoms with Gasteiger partial charge in [0.05, 0.1) is 0 Å². The minimum absolute atomic E-state index is 0.426. The summed E-state index contributed by atoms with van der Waals surface area (Å²) in [5.74, 6) is 0. The van der Waals surface area contributed by atoms with E-state index in [1.807, 2.05) is 26.8 Å². The summed E-state index contributed by atoms with van der Waals surface area (Å²) >= 11 is 0. The molecular formula is C20H36O. The van der Waals surface area contributed by atoms with Gasteiger partial charge in [0.2, 0.25) is 0 Å². The molecule has 0 N–H and O–H groups in total. The zero-order chi connectivity index (χ0) is 17.5. The Morgan fingerprint density at radius 1 is 0.952 bits per heavy atom. The second kappa shape index (κ2) is 31.0. The van der Waals surface area contributed by atoms with E-state index in [1.54, 1.807) is 12.2 Å². The van der Waals surface area contributed by atoms with Gasteiger partial charge in [0.25, 0.3) is 0 Å². The summed E-state index contributed by atoms with van der Waals surface area (Å²) in [6.45, 7) is 24.1. The quantitative estimate of drug-likeness (QED) is 0.217. The maximum absolute atomic E-state index is 9.57. The largest absolute Gasteiger partial charge is 0.298 e. The van der Waals surface area contributed by atoms with Crippen LogP contribution in [0.5, 0.6) is 0 Å². The Morgan fingerprint density at radius 2 is 1.38 bits per heavy atom. The Balaban J connectivity index is -0.0000000976. The molecule has 0 amide bonds. The van der Waals surface area contributed by atoms with Gasteiger partial charge in [-0.15, -0.1) is 0 Å². The van der Waals surface area contributed by atoms with E-state index < -0.39 is 0 Å². The predicted molar refractivity (Wildman–Crippen MR) is 101 cm³/mol. The molecule has 0 aromatic carbocycles. The van der Waals surface area contributed by atoms with Crippen molar-refractivity contribution in [2.24, 2.45) is 0 Å². The van der Waals surface area contributed by atoms with Crippen molar-refractivity contribution in [3.63, 3.8) is 0 Å². The first kappa shape index (κ1) is 27.7. The first-order valence-electron chi connectivity index (χ1n) is 7.72. The Kier molecular flexibility index (Phi) is 40.9. The highest BCUT2D eigenvalue weighted by Crippen LogP contribution is 1.95. The molecule has 0 aliphatic carbocycles. The zero-order valence-corrected chi connectivity index (χ0v) is 15.0. The van der Waals surface area contributed by atoms with Crippen molar-refractivity contribution in [2.75, 3.05) is 0 Å². The van der Waals surface area contributed by atoms with Crippen molar-refractivity contribution < 1.29 is 4.79 Å². The van der Waals surface area contributed by atoms with Crippen LogP contribution in [0.15, 0.2) is 61.8 Å². The highest BCUT2D eigenvalue weighted by Gasteiger charge is 1.75. The fraction of sp³-hybridized carbons (Fsp3) is 0.450. The van der Waals surface area contributed by atoms with Gasteiger partial charge in [-0.25, -0.2) is 0 Å². The number of aldehydes is 1. The average molecular weight is 293 g/mol. The minimum atomic E-state index is 0.426. The molecule has 1 heteroatoms. The van der Waals surface area contributed by atoms with Crippen LogP contribution in [0.25, 0.3) is 0 Å². The molecular weight excluding hydrogens is 256 g/mol. The van der Waals surface area contributed by atoms with Crippen molar-refractivity contribution in [1.29, 1.82) is 0 Å². The van der Waals surface area contributed by atoms with Crippen molar-refractivity contribution in [2.45, 2.75) is 60.3 Å². The lowest BCUT2D eigenvalue weighted by Gasteiger charge is -1.86. The van der Waals surface area contributed by atoms with E-state index >= 15 is 0 Å².